The highest BCUT2D eigenvalue weighted by atomic mass is 32.1. The van der Waals surface area contributed by atoms with Gasteiger partial charge in [-0.3, -0.25) is 9.59 Å². The topological polar surface area (TPSA) is 89.5 Å². The van der Waals surface area contributed by atoms with Crippen molar-refractivity contribution >= 4 is 23.2 Å². The van der Waals surface area contributed by atoms with Gasteiger partial charge < -0.3 is 20.1 Å². The van der Waals surface area contributed by atoms with Gasteiger partial charge in [-0.05, 0) is 37.5 Å². The Balaban J connectivity index is 1.24. The molecule has 2 aromatic carbocycles. The zero-order valence-corrected chi connectivity index (χ0v) is 20.7. The summed E-state index contributed by atoms with van der Waals surface area (Å²) in [6.45, 7) is 2.71. The molecule has 0 spiro atoms. The molecular weight excluding hydrogens is 462 g/mol. The second kappa shape index (κ2) is 12.5. The number of thiazole rings is 1. The zero-order chi connectivity index (χ0) is 24.5. The second-order valence-corrected chi connectivity index (χ2v) is 9.69. The number of amides is 2. The molecule has 35 heavy (non-hydrogen) atoms. The third-order valence-corrected chi connectivity index (χ3v) is 6.76. The second-order valence-electron chi connectivity index (χ2n) is 8.75. The summed E-state index contributed by atoms with van der Waals surface area (Å²) >= 11 is 1.40. The summed E-state index contributed by atoms with van der Waals surface area (Å²) < 4.78 is 11.3. The summed E-state index contributed by atoms with van der Waals surface area (Å²) in [6.07, 6.45) is 3.66. The average Bonchev–Trinajstić information content (AvgIpc) is 3.35. The molecule has 1 fully saturated rings. The molecule has 3 aromatic rings. The number of carbonyl (C=O) groups excluding carboxylic acids is 2. The Labute approximate surface area is 209 Å². The molecule has 1 aliphatic carbocycles. The van der Waals surface area contributed by atoms with Crippen LogP contribution in [0.1, 0.15) is 52.3 Å². The molecule has 2 atom stereocenters. The van der Waals surface area contributed by atoms with Crippen molar-refractivity contribution in [3.8, 4) is 5.75 Å². The molecule has 8 heteroatoms. The minimum atomic E-state index is -0.227. The van der Waals surface area contributed by atoms with Crippen LogP contribution in [0.4, 0.5) is 0 Å². The van der Waals surface area contributed by atoms with E-state index in [0.29, 0.717) is 18.9 Å². The van der Waals surface area contributed by atoms with Gasteiger partial charge >= 0.3 is 0 Å². The maximum atomic E-state index is 12.9. The lowest BCUT2D eigenvalue weighted by molar-refractivity contribution is -0.127. The molecule has 0 radical (unpaired) electrons. The van der Waals surface area contributed by atoms with Gasteiger partial charge in [0.1, 0.15) is 29.7 Å². The third kappa shape index (κ3) is 7.63. The minimum absolute atomic E-state index is 0.0114. The highest BCUT2D eigenvalue weighted by molar-refractivity contribution is 7.09. The summed E-state index contributed by atoms with van der Waals surface area (Å²) in [5, 5.41) is 8.60. The predicted molar refractivity (Wildman–Crippen MR) is 135 cm³/mol. The Morgan fingerprint density at radius 3 is 2.43 bits per heavy atom. The van der Waals surface area contributed by atoms with E-state index in [9.17, 15) is 9.59 Å². The first-order valence-corrected chi connectivity index (χ1v) is 12.8. The Bertz CT molecular complexity index is 1100. The number of carbonyl (C=O) groups is 2. The third-order valence-electron chi connectivity index (χ3n) is 5.94. The number of benzene rings is 2. The maximum absolute atomic E-state index is 12.9. The lowest BCUT2D eigenvalue weighted by Gasteiger charge is -2.32. The largest absolute Gasteiger partial charge is 0.486 e. The van der Waals surface area contributed by atoms with Crippen LogP contribution in [0.5, 0.6) is 5.75 Å². The predicted octanol–water partition coefficient (Wildman–Crippen LogP) is 4.40. The van der Waals surface area contributed by atoms with Crippen LogP contribution >= 0.6 is 11.3 Å². The molecule has 0 bridgehead atoms. The van der Waals surface area contributed by atoms with Crippen LogP contribution in [0.2, 0.25) is 0 Å². The fraction of sp³-hybridized carbons (Fsp3) is 0.370. The lowest BCUT2D eigenvalue weighted by atomic mass is 9.90. The molecule has 1 heterocycles. The van der Waals surface area contributed by atoms with Gasteiger partial charge in [0.05, 0.1) is 6.61 Å². The fourth-order valence-corrected chi connectivity index (χ4v) is 4.75. The number of nitrogens with zero attached hydrogens (tertiary/aromatic N) is 1. The summed E-state index contributed by atoms with van der Waals surface area (Å²) in [4.78, 5) is 29.7. The number of rotatable bonds is 10. The molecule has 4 rings (SSSR count). The van der Waals surface area contributed by atoms with Crippen LogP contribution in [0.15, 0.2) is 60.0 Å². The number of hydrogen-bond donors (Lipinski definition) is 2. The van der Waals surface area contributed by atoms with E-state index >= 15 is 0 Å². The summed E-state index contributed by atoms with van der Waals surface area (Å²) in [5.74, 6) is 0.371. The van der Waals surface area contributed by atoms with Gasteiger partial charge in [-0.1, -0.05) is 60.9 Å². The Morgan fingerprint density at radius 1 is 0.971 bits per heavy atom. The van der Waals surface area contributed by atoms with Gasteiger partial charge in [-0.15, -0.1) is 11.3 Å². The molecule has 2 N–H and O–H groups in total. The van der Waals surface area contributed by atoms with E-state index in [2.05, 4.69) is 15.6 Å². The van der Waals surface area contributed by atoms with E-state index in [-0.39, 0.29) is 30.5 Å². The van der Waals surface area contributed by atoms with Gasteiger partial charge in [0, 0.05) is 17.5 Å². The van der Waals surface area contributed by atoms with Crippen molar-refractivity contribution in [3.63, 3.8) is 0 Å². The zero-order valence-electron chi connectivity index (χ0n) is 19.9. The summed E-state index contributed by atoms with van der Waals surface area (Å²) in [6, 6.07) is 17.3. The molecule has 0 aliphatic heterocycles. The highest BCUT2D eigenvalue weighted by Gasteiger charge is 2.28. The molecule has 1 saturated carbocycles. The van der Waals surface area contributed by atoms with Crippen LogP contribution in [-0.4, -0.2) is 35.5 Å². The van der Waals surface area contributed by atoms with E-state index in [4.69, 9.17) is 9.47 Å². The van der Waals surface area contributed by atoms with E-state index in [0.717, 1.165) is 42.0 Å². The average molecular weight is 494 g/mol. The Hall–Kier alpha value is -3.23. The van der Waals surface area contributed by atoms with Gasteiger partial charge in [0.25, 0.3) is 5.91 Å². The van der Waals surface area contributed by atoms with Crippen LogP contribution in [0, 0.1) is 6.92 Å². The van der Waals surface area contributed by atoms with Crippen LogP contribution in [0.3, 0.4) is 0 Å². The van der Waals surface area contributed by atoms with Crippen molar-refractivity contribution in [3.05, 3.63) is 81.8 Å². The lowest BCUT2D eigenvalue weighted by Crippen LogP contribution is -2.53. The van der Waals surface area contributed by atoms with Crippen LogP contribution in [0.25, 0.3) is 0 Å². The summed E-state index contributed by atoms with van der Waals surface area (Å²) in [5.41, 5.74) is 2.57. The number of ether oxygens (including phenoxy) is 2. The molecule has 1 aromatic heterocycles. The number of hydrogen-bond acceptors (Lipinski definition) is 6. The first-order valence-electron chi connectivity index (χ1n) is 11.9. The van der Waals surface area contributed by atoms with Crippen molar-refractivity contribution < 1.29 is 19.1 Å². The number of nitrogens with one attached hydrogen (secondary N) is 2. The highest BCUT2D eigenvalue weighted by Crippen LogP contribution is 2.20. The molecular formula is C27H31N3O4S. The first-order chi connectivity index (χ1) is 17.1. The Morgan fingerprint density at radius 2 is 1.69 bits per heavy atom. The number of aromatic nitrogens is 1. The summed E-state index contributed by atoms with van der Waals surface area (Å²) in [7, 11) is 0. The normalized spacial score (nSPS) is 17.5. The van der Waals surface area contributed by atoms with E-state index in [1.165, 1.54) is 16.9 Å². The standard InChI is InChI=1S/C27H31N3O4S/c1-19-11-13-21(14-12-19)34-17-26-29-24(18-35-26)27(32)30-23-10-6-5-9-22(23)28-25(31)16-33-15-20-7-3-2-4-8-20/h2-4,7-8,11-14,18,22-23H,5-6,9-10,15-17H2,1H3,(H,28,31)(H,30,32)/t22-,23-/m0/s1. The molecule has 2 amide bonds. The van der Waals surface area contributed by atoms with E-state index in [1.807, 2.05) is 61.5 Å². The van der Waals surface area contributed by atoms with Gasteiger partial charge in [-0.25, -0.2) is 4.98 Å². The van der Waals surface area contributed by atoms with E-state index in [1.54, 1.807) is 5.38 Å². The van der Waals surface area contributed by atoms with Gasteiger partial charge in [0.15, 0.2) is 0 Å². The van der Waals surface area contributed by atoms with Crippen molar-refractivity contribution in [2.45, 2.75) is 57.9 Å². The Kier molecular flexibility index (Phi) is 8.86. The molecule has 0 unspecified atom stereocenters. The van der Waals surface area contributed by atoms with Crippen molar-refractivity contribution in [1.29, 1.82) is 0 Å². The van der Waals surface area contributed by atoms with Gasteiger partial charge in [0.2, 0.25) is 5.91 Å². The molecule has 0 saturated heterocycles. The maximum Gasteiger partial charge on any atom is 0.271 e. The van der Waals surface area contributed by atoms with Crippen LogP contribution in [-0.2, 0) is 22.7 Å². The minimum Gasteiger partial charge on any atom is -0.486 e. The van der Waals surface area contributed by atoms with E-state index < -0.39 is 0 Å². The van der Waals surface area contributed by atoms with Gasteiger partial charge in [-0.2, -0.15) is 0 Å². The van der Waals surface area contributed by atoms with Crippen LogP contribution < -0.4 is 15.4 Å². The monoisotopic (exact) mass is 493 g/mol. The molecule has 7 nitrogen and oxygen atoms in total. The quantitative estimate of drug-likeness (QED) is 0.437. The van der Waals surface area contributed by atoms with Crippen molar-refractivity contribution in [2.75, 3.05) is 6.61 Å². The molecule has 184 valence electrons. The first kappa shape index (κ1) is 24.9. The van der Waals surface area contributed by atoms with Crippen molar-refractivity contribution in [1.82, 2.24) is 15.6 Å². The van der Waals surface area contributed by atoms with Crippen molar-refractivity contribution in [2.24, 2.45) is 0 Å². The molecule has 1 aliphatic rings. The smallest absolute Gasteiger partial charge is 0.271 e. The SMILES string of the molecule is Cc1ccc(OCc2nc(C(=O)N[C@H]3CCCC[C@@H]3NC(=O)COCc3ccccc3)cs2)cc1. The number of aryl methyl sites for hydroxylation is 1. The fourth-order valence-electron chi connectivity index (χ4n) is 4.06.